The summed E-state index contributed by atoms with van der Waals surface area (Å²) in [4.78, 5) is 24.5. The quantitative estimate of drug-likeness (QED) is 0.485. The zero-order valence-electron chi connectivity index (χ0n) is 7.40. The van der Waals surface area contributed by atoms with E-state index in [1.54, 1.807) is 7.05 Å². The van der Waals surface area contributed by atoms with Crippen molar-refractivity contribution in [2.24, 2.45) is 11.8 Å². The molecule has 0 aliphatic carbocycles. The summed E-state index contributed by atoms with van der Waals surface area (Å²) in [5.74, 6) is -0.392. The first-order chi connectivity index (χ1) is 6.20. The van der Waals surface area contributed by atoms with E-state index in [1.165, 1.54) is 4.90 Å². The second-order valence-corrected chi connectivity index (χ2v) is 4.08. The number of rotatable bonds is 0. The van der Waals surface area contributed by atoms with Crippen molar-refractivity contribution >= 4 is 11.8 Å². The number of likely N-dealkylation sites (tertiary alicyclic amines) is 1. The number of fused-ring (bicyclic) bond motifs is 5. The average molecular weight is 181 g/mol. The molecule has 3 saturated heterocycles. The molecule has 3 aliphatic rings. The predicted octanol–water partition coefficient (Wildman–Crippen LogP) is -0.221. The van der Waals surface area contributed by atoms with E-state index in [0.717, 1.165) is 12.8 Å². The summed E-state index contributed by atoms with van der Waals surface area (Å²) in [6, 6.07) is 0. The first kappa shape index (κ1) is 7.50. The maximum absolute atomic E-state index is 11.6. The molecule has 0 aromatic rings. The van der Waals surface area contributed by atoms with E-state index in [-0.39, 0.29) is 35.9 Å². The molecule has 3 fully saturated rings. The van der Waals surface area contributed by atoms with Crippen molar-refractivity contribution in [3.05, 3.63) is 0 Å². The Balaban J connectivity index is 2.03. The lowest BCUT2D eigenvalue weighted by Gasteiger charge is -2.15. The number of ether oxygens (including phenoxy) is 1. The molecule has 4 nitrogen and oxygen atoms in total. The Kier molecular flexibility index (Phi) is 1.22. The summed E-state index contributed by atoms with van der Waals surface area (Å²) in [7, 11) is 1.57. The van der Waals surface area contributed by atoms with Crippen LogP contribution >= 0.6 is 0 Å². The lowest BCUT2D eigenvalue weighted by atomic mass is 9.81. The smallest absolute Gasteiger partial charge is 0.235 e. The lowest BCUT2D eigenvalue weighted by Crippen LogP contribution is -2.30. The fraction of sp³-hybridized carbons (Fsp3) is 0.778. The van der Waals surface area contributed by atoms with Crippen LogP contribution in [0.1, 0.15) is 12.8 Å². The number of nitrogens with zero attached hydrogens (tertiary/aromatic N) is 1. The molecule has 0 N–H and O–H groups in total. The molecule has 0 spiro atoms. The highest BCUT2D eigenvalue weighted by Gasteiger charge is 2.61. The molecule has 0 aromatic heterocycles. The van der Waals surface area contributed by atoms with Crippen LogP contribution in [0.3, 0.4) is 0 Å². The van der Waals surface area contributed by atoms with Gasteiger partial charge >= 0.3 is 0 Å². The van der Waals surface area contributed by atoms with Crippen LogP contribution in [0.2, 0.25) is 0 Å². The van der Waals surface area contributed by atoms with Gasteiger partial charge in [-0.15, -0.1) is 0 Å². The van der Waals surface area contributed by atoms with Gasteiger partial charge < -0.3 is 4.74 Å². The van der Waals surface area contributed by atoms with Crippen molar-refractivity contribution in [3.8, 4) is 0 Å². The zero-order valence-corrected chi connectivity index (χ0v) is 7.40. The summed E-state index contributed by atoms with van der Waals surface area (Å²) in [6.07, 6.45) is 1.94. The highest BCUT2D eigenvalue weighted by atomic mass is 16.5. The third kappa shape index (κ3) is 0.705. The average Bonchev–Trinajstić information content (AvgIpc) is 2.76. The molecule has 0 unspecified atom stereocenters. The maximum atomic E-state index is 11.6. The number of carbonyl (C=O) groups excluding carboxylic acids is 2. The summed E-state index contributed by atoms with van der Waals surface area (Å²) in [5.41, 5.74) is 0. The Morgan fingerprint density at radius 2 is 1.62 bits per heavy atom. The molecule has 0 radical (unpaired) electrons. The molecule has 2 amide bonds. The molecule has 4 atom stereocenters. The van der Waals surface area contributed by atoms with Gasteiger partial charge in [-0.1, -0.05) is 0 Å². The van der Waals surface area contributed by atoms with Crippen molar-refractivity contribution in [3.63, 3.8) is 0 Å². The van der Waals surface area contributed by atoms with Gasteiger partial charge in [0.1, 0.15) is 0 Å². The van der Waals surface area contributed by atoms with E-state index in [4.69, 9.17) is 4.74 Å². The van der Waals surface area contributed by atoms with E-state index < -0.39 is 0 Å². The third-order valence-corrected chi connectivity index (χ3v) is 3.50. The fourth-order valence-corrected chi connectivity index (χ4v) is 2.86. The van der Waals surface area contributed by atoms with Crippen molar-refractivity contribution in [1.29, 1.82) is 0 Å². The molecule has 2 bridgehead atoms. The van der Waals surface area contributed by atoms with E-state index in [9.17, 15) is 9.59 Å². The fourth-order valence-electron chi connectivity index (χ4n) is 2.86. The van der Waals surface area contributed by atoms with Crippen LogP contribution in [0.25, 0.3) is 0 Å². The normalized spacial score (nSPS) is 47.6. The van der Waals surface area contributed by atoms with Crippen LogP contribution in [0.15, 0.2) is 0 Å². The van der Waals surface area contributed by atoms with Gasteiger partial charge in [-0.25, -0.2) is 0 Å². The number of imide groups is 1. The van der Waals surface area contributed by atoms with Crippen LogP contribution < -0.4 is 0 Å². The second-order valence-electron chi connectivity index (χ2n) is 4.08. The van der Waals surface area contributed by atoms with E-state index in [0.29, 0.717) is 0 Å². The maximum Gasteiger partial charge on any atom is 0.235 e. The van der Waals surface area contributed by atoms with Gasteiger partial charge in [-0.3, -0.25) is 14.5 Å². The monoisotopic (exact) mass is 181 g/mol. The van der Waals surface area contributed by atoms with Crippen molar-refractivity contribution < 1.29 is 14.3 Å². The largest absolute Gasteiger partial charge is 0.373 e. The number of carbonyl (C=O) groups is 2. The van der Waals surface area contributed by atoms with Crippen LogP contribution in [-0.2, 0) is 14.3 Å². The Morgan fingerprint density at radius 3 is 2.08 bits per heavy atom. The Morgan fingerprint density at radius 1 is 1.15 bits per heavy atom. The summed E-state index contributed by atoms with van der Waals surface area (Å²) in [5, 5.41) is 0. The summed E-state index contributed by atoms with van der Waals surface area (Å²) >= 11 is 0. The van der Waals surface area contributed by atoms with E-state index in [1.807, 2.05) is 0 Å². The SMILES string of the molecule is CN1C(=O)[C@H]2[C@H](C1=O)[C@H]1CC[C@H]2O1. The van der Waals surface area contributed by atoms with Gasteiger partial charge in [0.25, 0.3) is 0 Å². The van der Waals surface area contributed by atoms with Crippen LogP contribution in [0, 0.1) is 11.8 Å². The lowest BCUT2D eigenvalue weighted by molar-refractivity contribution is -0.140. The van der Waals surface area contributed by atoms with Gasteiger partial charge in [-0.2, -0.15) is 0 Å². The first-order valence-electron chi connectivity index (χ1n) is 4.67. The highest BCUT2D eigenvalue weighted by molar-refractivity contribution is 6.06. The predicted molar refractivity (Wildman–Crippen MR) is 42.7 cm³/mol. The number of hydrogen-bond donors (Lipinski definition) is 0. The molecule has 0 saturated carbocycles. The van der Waals surface area contributed by atoms with Crippen LogP contribution in [-0.4, -0.2) is 36.0 Å². The molecular weight excluding hydrogens is 170 g/mol. The Bertz CT molecular complexity index is 273. The van der Waals surface area contributed by atoms with Crippen molar-refractivity contribution in [2.45, 2.75) is 25.0 Å². The molecule has 13 heavy (non-hydrogen) atoms. The van der Waals surface area contributed by atoms with Gasteiger partial charge in [0.15, 0.2) is 0 Å². The van der Waals surface area contributed by atoms with Crippen LogP contribution in [0.4, 0.5) is 0 Å². The Hall–Kier alpha value is -0.900. The standard InChI is InChI=1S/C9H11NO3/c1-10-8(11)6-4-2-3-5(13-4)7(6)9(10)12/h4-7H,2-3H2,1H3/t4-,5-,6-,7-/m1/s1. The second kappa shape index (κ2) is 2.12. The van der Waals surface area contributed by atoms with Gasteiger partial charge in [0.2, 0.25) is 11.8 Å². The van der Waals surface area contributed by atoms with E-state index >= 15 is 0 Å². The Labute approximate surface area is 75.8 Å². The van der Waals surface area contributed by atoms with Crippen LogP contribution in [0.5, 0.6) is 0 Å². The molecule has 3 aliphatic heterocycles. The number of hydrogen-bond acceptors (Lipinski definition) is 3. The number of amides is 2. The molecule has 0 aromatic carbocycles. The highest BCUT2D eigenvalue weighted by Crippen LogP contribution is 2.47. The molecule has 3 rings (SSSR count). The van der Waals surface area contributed by atoms with Gasteiger partial charge in [-0.05, 0) is 12.8 Å². The first-order valence-corrected chi connectivity index (χ1v) is 4.67. The van der Waals surface area contributed by atoms with Gasteiger partial charge in [0, 0.05) is 7.05 Å². The third-order valence-electron chi connectivity index (χ3n) is 3.50. The molecule has 4 heteroatoms. The molecular formula is C9H11NO3. The molecule has 3 heterocycles. The summed E-state index contributed by atoms with van der Waals surface area (Å²) < 4.78 is 5.56. The van der Waals surface area contributed by atoms with E-state index in [2.05, 4.69) is 0 Å². The van der Waals surface area contributed by atoms with Crippen molar-refractivity contribution in [2.75, 3.05) is 7.05 Å². The van der Waals surface area contributed by atoms with Gasteiger partial charge in [0.05, 0.1) is 24.0 Å². The summed E-state index contributed by atoms with van der Waals surface area (Å²) in [6.45, 7) is 0. The minimum atomic E-state index is -0.156. The minimum Gasteiger partial charge on any atom is -0.373 e. The minimum absolute atomic E-state index is 0.0244. The topological polar surface area (TPSA) is 46.6 Å². The zero-order chi connectivity index (χ0) is 9.16. The molecule has 70 valence electrons. The van der Waals surface area contributed by atoms with Crippen molar-refractivity contribution in [1.82, 2.24) is 4.90 Å².